The molecule has 21 heavy (non-hydrogen) atoms. The Bertz CT molecular complexity index is 484. The summed E-state index contributed by atoms with van der Waals surface area (Å²) in [7, 11) is 0. The summed E-state index contributed by atoms with van der Waals surface area (Å²) in [6.07, 6.45) is 7.60. The summed E-state index contributed by atoms with van der Waals surface area (Å²) in [6.45, 7) is 0.861. The Morgan fingerprint density at radius 1 is 1.00 bits per heavy atom. The molecular weight excluding hydrogens is 260 g/mol. The first-order valence-corrected chi connectivity index (χ1v) is 8.38. The van der Waals surface area contributed by atoms with E-state index in [0.717, 1.165) is 42.6 Å². The summed E-state index contributed by atoms with van der Waals surface area (Å²) >= 11 is 0. The van der Waals surface area contributed by atoms with Gasteiger partial charge in [-0.1, -0.05) is 30.3 Å². The average molecular weight is 284 g/mol. The van der Waals surface area contributed by atoms with Crippen molar-refractivity contribution >= 4 is 5.78 Å². The standard InChI is InChI=1S/C19H24O2/c20-18(13-21-12-14-4-2-1-3-5-14)19-9-15-6-16(10-19)8-17(7-15)11-19/h1-5,15-17H,6-13H2. The number of hydrogen-bond donors (Lipinski definition) is 0. The van der Waals surface area contributed by atoms with Gasteiger partial charge in [-0.25, -0.2) is 0 Å². The first kappa shape index (κ1) is 13.5. The van der Waals surface area contributed by atoms with Gasteiger partial charge in [0.15, 0.2) is 5.78 Å². The number of hydrogen-bond acceptors (Lipinski definition) is 2. The van der Waals surface area contributed by atoms with Crippen LogP contribution in [0.3, 0.4) is 0 Å². The van der Waals surface area contributed by atoms with E-state index in [1.54, 1.807) is 0 Å². The van der Waals surface area contributed by atoms with Crippen LogP contribution in [-0.4, -0.2) is 12.4 Å². The van der Waals surface area contributed by atoms with E-state index < -0.39 is 0 Å². The molecule has 0 unspecified atom stereocenters. The summed E-state index contributed by atoms with van der Waals surface area (Å²) in [5.74, 6) is 2.87. The van der Waals surface area contributed by atoms with Crippen molar-refractivity contribution in [3.05, 3.63) is 35.9 Å². The fourth-order valence-corrected chi connectivity index (χ4v) is 5.44. The van der Waals surface area contributed by atoms with Crippen molar-refractivity contribution in [1.29, 1.82) is 0 Å². The highest BCUT2D eigenvalue weighted by molar-refractivity contribution is 5.86. The van der Waals surface area contributed by atoms with Crippen LogP contribution < -0.4 is 0 Å². The molecule has 2 nitrogen and oxygen atoms in total. The fourth-order valence-electron chi connectivity index (χ4n) is 5.44. The highest BCUT2D eigenvalue weighted by Crippen LogP contribution is 2.60. The smallest absolute Gasteiger partial charge is 0.164 e. The zero-order valence-electron chi connectivity index (χ0n) is 12.6. The van der Waals surface area contributed by atoms with Crippen molar-refractivity contribution in [3.63, 3.8) is 0 Å². The van der Waals surface area contributed by atoms with E-state index in [-0.39, 0.29) is 5.41 Å². The van der Waals surface area contributed by atoms with Crippen molar-refractivity contribution < 1.29 is 9.53 Å². The van der Waals surface area contributed by atoms with E-state index in [2.05, 4.69) is 12.1 Å². The Morgan fingerprint density at radius 2 is 1.57 bits per heavy atom. The Balaban J connectivity index is 1.37. The molecule has 1 aromatic rings. The maximum Gasteiger partial charge on any atom is 0.164 e. The summed E-state index contributed by atoms with van der Waals surface area (Å²) < 4.78 is 5.72. The van der Waals surface area contributed by atoms with Gasteiger partial charge in [0.1, 0.15) is 6.61 Å². The number of ketones is 1. The predicted octanol–water partition coefficient (Wildman–Crippen LogP) is 3.99. The summed E-state index contributed by atoms with van der Waals surface area (Å²) in [6, 6.07) is 10.1. The van der Waals surface area contributed by atoms with Gasteiger partial charge in [0.05, 0.1) is 6.61 Å². The van der Waals surface area contributed by atoms with Crippen LogP contribution >= 0.6 is 0 Å². The lowest BCUT2D eigenvalue weighted by Crippen LogP contribution is -2.51. The molecule has 0 atom stereocenters. The van der Waals surface area contributed by atoms with Gasteiger partial charge in [-0.15, -0.1) is 0 Å². The van der Waals surface area contributed by atoms with Crippen molar-refractivity contribution in [1.82, 2.24) is 0 Å². The molecule has 5 rings (SSSR count). The van der Waals surface area contributed by atoms with Gasteiger partial charge in [-0.05, 0) is 61.8 Å². The largest absolute Gasteiger partial charge is 0.369 e. The van der Waals surface area contributed by atoms with Gasteiger partial charge < -0.3 is 4.74 Å². The molecule has 4 fully saturated rings. The molecule has 4 bridgehead atoms. The molecule has 1 aromatic carbocycles. The normalized spacial score (nSPS) is 36.9. The van der Waals surface area contributed by atoms with Gasteiger partial charge >= 0.3 is 0 Å². The Morgan fingerprint density at radius 3 is 2.14 bits per heavy atom. The molecule has 0 spiro atoms. The van der Waals surface area contributed by atoms with Crippen LogP contribution in [0.25, 0.3) is 0 Å². The number of Topliss-reactive ketones (excluding diaryl/α,β-unsaturated/α-hetero) is 1. The molecule has 4 aliphatic carbocycles. The monoisotopic (exact) mass is 284 g/mol. The quantitative estimate of drug-likeness (QED) is 0.817. The lowest BCUT2D eigenvalue weighted by molar-refractivity contribution is -0.149. The van der Waals surface area contributed by atoms with Crippen molar-refractivity contribution in [2.75, 3.05) is 6.61 Å². The SMILES string of the molecule is O=C(COCc1ccccc1)C12CC3CC(CC(C3)C1)C2. The molecule has 0 amide bonds. The van der Waals surface area contributed by atoms with E-state index in [9.17, 15) is 4.79 Å². The van der Waals surface area contributed by atoms with Crippen LogP contribution in [0.4, 0.5) is 0 Å². The molecule has 0 aromatic heterocycles. The van der Waals surface area contributed by atoms with Crippen LogP contribution in [0.15, 0.2) is 30.3 Å². The first-order chi connectivity index (χ1) is 10.2. The lowest BCUT2D eigenvalue weighted by Gasteiger charge is -2.55. The highest BCUT2D eigenvalue weighted by Gasteiger charge is 2.54. The molecule has 4 aliphatic rings. The summed E-state index contributed by atoms with van der Waals surface area (Å²) in [4.78, 5) is 12.8. The fraction of sp³-hybridized carbons (Fsp3) is 0.632. The topological polar surface area (TPSA) is 26.3 Å². The number of rotatable bonds is 5. The molecule has 0 N–H and O–H groups in total. The van der Waals surface area contributed by atoms with Crippen molar-refractivity contribution in [3.8, 4) is 0 Å². The van der Waals surface area contributed by atoms with Crippen molar-refractivity contribution in [2.24, 2.45) is 23.2 Å². The molecule has 0 saturated heterocycles. The minimum atomic E-state index is -0.00849. The third-order valence-corrected chi connectivity index (χ3v) is 5.97. The number of ether oxygens (including phenoxy) is 1. The number of benzene rings is 1. The molecular formula is C19H24O2. The third kappa shape index (κ3) is 2.55. The Kier molecular flexibility index (Phi) is 3.37. The van der Waals surface area contributed by atoms with E-state index in [1.165, 1.54) is 19.3 Å². The summed E-state index contributed by atoms with van der Waals surface area (Å²) in [5, 5.41) is 0. The predicted molar refractivity (Wildman–Crippen MR) is 81.7 cm³/mol. The number of carbonyl (C=O) groups is 1. The minimum absolute atomic E-state index is 0.00849. The second-order valence-electron chi connectivity index (χ2n) is 7.60. The second kappa shape index (κ2) is 5.24. The maximum atomic E-state index is 12.8. The molecule has 4 saturated carbocycles. The third-order valence-electron chi connectivity index (χ3n) is 5.97. The second-order valence-corrected chi connectivity index (χ2v) is 7.60. The van der Waals surface area contributed by atoms with Gasteiger partial charge in [0.2, 0.25) is 0 Å². The molecule has 112 valence electrons. The van der Waals surface area contributed by atoms with E-state index in [1.807, 2.05) is 18.2 Å². The van der Waals surface area contributed by atoms with Crippen LogP contribution in [0.1, 0.15) is 44.1 Å². The van der Waals surface area contributed by atoms with Crippen molar-refractivity contribution in [2.45, 2.75) is 45.1 Å². The zero-order valence-corrected chi connectivity index (χ0v) is 12.6. The number of carbonyl (C=O) groups excluding carboxylic acids is 1. The van der Waals surface area contributed by atoms with Gasteiger partial charge in [0, 0.05) is 5.41 Å². The van der Waals surface area contributed by atoms with E-state index in [4.69, 9.17) is 4.74 Å². The maximum absolute atomic E-state index is 12.8. The average Bonchev–Trinajstić information content (AvgIpc) is 2.47. The first-order valence-electron chi connectivity index (χ1n) is 8.38. The molecule has 0 aliphatic heterocycles. The van der Waals surface area contributed by atoms with Crippen LogP contribution in [0.5, 0.6) is 0 Å². The zero-order chi connectivity index (χ0) is 14.3. The van der Waals surface area contributed by atoms with Gasteiger partial charge in [-0.3, -0.25) is 4.79 Å². The van der Waals surface area contributed by atoms with Crippen LogP contribution in [-0.2, 0) is 16.1 Å². The lowest BCUT2D eigenvalue weighted by atomic mass is 9.48. The van der Waals surface area contributed by atoms with Gasteiger partial charge in [0.25, 0.3) is 0 Å². The molecule has 0 heterocycles. The molecule has 2 heteroatoms. The summed E-state index contributed by atoms with van der Waals surface area (Å²) in [5.41, 5.74) is 1.14. The van der Waals surface area contributed by atoms with E-state index >= 15 is 0 Å². The Hall–Kier alpha value is -1.15. The highest BCUT2D eigenvalue weighted by atomic mass is 16.5. The van der Waals surface area contributed by atoms with E-state index in [0.29, 0.717) is 19.0 Å². The van der Waals surface area contributed by atoms with Gasteiger partial charge in [-0.2, -0.15) is 0 Å². The minimum Gasteiger partial charge on any atom is -0.369 e. The van der Waals surface area contributed by atoms with Crippen LogP contribution in [0.2, 0.25) is 0 Å². The molecule has 0 radical (unpaired) electrons. The Labute approximate surface area is 126 Å². The van der Waals surface area contributed by atoms with Crippen LogP contribution in [0, 0.1) is 23.2 Å².